The Kier molecular flexibility index (Phi) is 5.37. The summed E-state index contributed by atoms with van der Waals surface area (Å²) in [5.74, 6) is -0.396. The molecule has 1 amide bonds. The van der Waals surface area contributed by atoms with Gasteiger partial charge in [-0.05, 0) is 41.2 Å². The number of nitro benzene ring substituents is 1. The van der Waals surface area contributed by atoms with Gasteiger partial charge in [-0.1, -0.05) is 24.3 Å². The number of nitro groups is 1. The maximum atomic E-state index is 12.6. The molecule has 0 bridgehead atoms. The molecule has 3 aromatic rings. The molecule has 3 aromatic carbocycles. The number of fused-ring (bicyclic) bond motifs is 1. The van der Waals surface area contributed by atoms with Gasteiger partial charge >= 0.3 is 0 Å². The Balaban J connectivity index is 1.81. The number of nitrogens with one attached hydrogen (secondary N) is 2. The molecule has 9 heteroatoms. The number of amides is 1. The number of thiocarbonyl (C=S) groups is 1. The Hall–Kier alpha value is -3.72. The third-order valence-electron chi connectivity index (χ3n) is 3.98. The number of benzene rings is 3. The highest BCUT2D eigenvalue weighted by Gasteiger charge is 2.16. The van der Waals surface area contributed by atoms with Gasteiger partial charge in [0, 0.05) is 12.1 Å². The first-order chi connectivity index (χ1) is 13.4. The van der Waals surface area contributed by atoms with Crippen LogP contribution in [0.1, 0.15) is 10.4 Å². The van der Waals surface area contributed by atoms with Gasteiger partial charge in [-0.2, -0.15) is 0 Å². The van der Waals surface area contributed by atoms with Crippen LogP contribution in [0.3, 0.4) is 0 Å². The van der Waals surface area contributed by atoms with Crippen molar-refractivity contribution < 1.29 is 19.6 Å². The van der Waals surface area contributed by atoms with Gasteiger partial charge in [-0.3, -0.25) is 20.2 Å². The highest BCUT2D eigenvalue weighted by Crippen LogP contribution is 2.28. The summed E-state index contributed by atoms with van der Waals surface area (Å²) in [5, 5.41) is 27.4. The van der Waals surface area contributed by atoms with Gasteiger partial charge in [0.2, 0.25) is 0 Å². The van der Waals surface area contributed by atoms with Crippen molar-refractivity contribution >= 4 is 45.4 Å². The van der Waals surface area contributed by atoms with E-state index in [0.717, 1.165) is 29.0 Å². The predicted octanol–water partition coefficient (Wildman–Crippen LogP) is 3.59. The zero-order valence-electron chi connectivity index (χ0n) is 14.6. The SMILES string of the molecule is COc1cc2ccccc2cc1C(=O)NC(=S)Nc1cc([N+](=O)[O-])ccc1O. The Bertz CT molecular complexity index is 1100. The van der Waals surface area contributed by atoms with Crippen LogP contribution in [0.15, 0.2) is 54.6 Å². The standard InChI is InChI=1S/C19H15N3O5S/c1-27-17-9-12-5-3-2-4-11(12)8-14(17)18(24)21-19(28)20-15-10-13(22(25)26)6-7-16(15)23/h2-10,23H,1H3,(H2,20,21,24,28). The highest BCUT2D eigenvalue weighted by molar-refractivity contribution is 7.80. The topological polar surface area (TPSA) is 114 Å². The van der Waals surface area contributed by atoms with Crippen molar-refractivity contribution in [2.24, 2.45) is 0 Å². The fraction of sp³-hybridized carbons (Fsp3) is 0.0526. The van der Waals surface area contributed by atoms with Gasteiger partial charge in [-0.15, -0.1) is 0 Å². The molecule has 3 N–H and O–H groups in total. The highest BCUT2D eigenvalue weighted by atomic mass is 32.1. The molecule has 8 nitrogen and oxygen atoms in total. The molecular formula is C19H15N3O5S. The molecule has 0 heterocycles. The number of non-ortho nitro benzene ring substituents is 1. The number of nitrogens with zero attached hydrogens (tertiary/aromatic N) is 1. The van der Waals surface area contributed by atoms with Crippen LogP contribution >= 0.6 is 12.2 Å². The molecular weight excluding hydrogens is 382 g/mol. The summed E-state index contributed by atoms with van der Waals surface area (Å²) >= 11 is 5.09. The first-order valence-electron chi connectivity index (χ1n) is 8.05. The van der Waals surface area contributed by atoms with Gasteiger partial charge in [0.1, 0.15) is 11.5 Å². The normalized spacial score (nSPS) is 10.3. The second kappa shape index (κ2) is 7.89. The number of carbonyl (C=O) groups is 1. The van der Waals surface area contributed by atoms with E-state index >= 15 is 0 Å². The molecule has 0 aliphatic carbocycles. The second-order valence-corrected chi connectivity index (χ2v) is 6.17. The Morgan fingerprint density at radius 1 is 1.14 bits per heavy atom. The van der Waals surface area contributed by atoms with Gasteiger partial charge in [0.15, 0.2) is 5.11 Å². The van der Waals surface area contributed by atoms with E-state index in [1.807, 2.05) is 24.3 Å². The van der Waals surface area contributed by atoms with Gasteiger partial charge in [0.05, 0.1) is 23.3 Å². The van der Waals surface area contributed by atoms with Crippen molar-refractivity contribution in [3.63, 3.8) is 0 Å². The van der Waals surface area contributed by atoms with Crippen molar-refractivity contribution in [2.45, 2.75) is 0 Å². The van der Waals surface area contributed by atoms with Crippen LogP contribution in [0, 0.1) is 10.1 Å². The summed E-state index contributed by atoms with van der Waals surface area (Å²) < 4.78 is 5.30. The number of rotatable bonds is 4. The molecule has 0 saturated heterocycles. The quantitative estimate of drug-likeness (QED) is 0.267. The predicted molar refractivity (Wildman–Crippen MR) is 109 cm³/mol. The Morgan fingerprint density at radius 3 is 2.46 bits per heavy atom. The lowest BCUT2D eigenvalue weighted by molar-refractivity contribution is -0.384. The average molecular weight is 397 g/mol. The minimum Gasteiger partial charge on any atom is -0.506 e. The fourth-order valence-corrected chi connectivity index (χ4v) is 2.83. The fourth-order valence-electron chi connectivity index (χ4n) is 2.63. The maximum Gasteiger partial charge on any atom is 0.271 e. The molecule has 0 aromatic heterocycles. The lowest BCUT2D eigenvalue weighted by Gasteiger charge is -2.13. The molecule has 0 atom stereocenters. The van der Waals surface area contributed by atoms with Gasteiger partial charge in [-0.25, -0.2) is 0 Å². The van der Waals surface area contributed by atoms with E-state index in [1.54, 1.807) is 12.1 Å². The summed E-state index contributed by atoms with van der Waals surface area (Å²) in [6, 6.07) is 14.4. The van der Waals surface area contributed by atoms with Crippen molar-refractivity contribution in [2.75, 3.05) is 12.4 Å². The number of phenols is 1. The van der Waals surface area contributed by atoms with E-state index < -0.39 is 10.8 Å². The minimum absolute atomic E-state index is 0.00461. The first kappa shape index (κ1) is 19.1. The zero-order valence-corrected chi connectivity index (χ0v) is 15.4. The minimum atomic E-state index is -0.605. The van der Waals surface area contributed by atoms with E-state index in [-0.39, 0.29) is 27.8 Å². The van der Waals surface area contributed by atoms with E-state index in [2.05, 4.69) is 10.6 Å². The Labute approximate surface area is 164 Å². The number of carbonyl (C=O) groups excluding carboxylic acids is 1. The summed E-state index contributed by atoms with van der Waals surface area (Å²) in [7, 11) is 1.46. The number of hydrogen-bond acceptors (Lipinski definition) is 6. The number of ether oxygens (including phenoxy) is 1. The van der Waals surface area contributed by atoms with Crippen LogP contribution in [-0.4, -0.2) is 28.2 Å². The summed E-state index contributed by atoms with van der Waals surface area (Å²) in [5.41, 5.74) is 0.0456. The molecule has 3 rings (SSSR count). The van der Waals surface area contributed by atoms with E-state index in [9.17, 15) is 20.0 Å². The first-order valence-corrected chi connectivity index (χ1v) is 8.46. The summed E-state index contributed by atoms with van der Waals surface area (Å²) in [6.07, 6.45) is 0. The van der Waals surface area contributed by atoms with Crippen LogP contribution < -0.4 is 15.4 Å². The molecule has 0 unspecified atom stereocenters. The Morgan fingerprint density at radius 2 is 1.82 bits per heavy atom. The lowest BCUT2D eigenvalue weighted by Crippen LogP contribution is -2.34. The molecule has 0 aliphatic rings. The summed E-state index contributed by atoms with van der Waals surface area (Å²) in [4.78, 5) is 22.9. The van der Waals surface area contributed by atoms with Crippen molar-refractivity contribution in [3.8, 4) is 11.5 Å². The van der Waals surface area contributed by atoms with Gasteiger partial charge in [0.25, 0.3) is 11.6 Å². The smallest absolute Gasteiger partial charge is 0.271 e. The van der Waals surface area contributed by atoms with Crippen molar-refractivity contribution in [1.29, 1.82) is 0 Å². The molecule has 0 aliphatic heterocycles. The third-order valence-corrected chi connectivity index (χ3v) is 4.18. The summed E-state index contributed by atoms with van der Waals surface area (Å²) in [6.45, 7) is 0. The number of hydrogen-bond donors (Lipinski definition) is 3. The average Bonchev–Trinajstić information content (AvgIpc) is 2.68. The van der Waals surface area contributed by atoms with Crippen LogP contribution in [0.25, 0.3) is 10.8 Å². The molecule has 0 saturated carbocycles. The molecule has 0 spiro atoms. The maximum absolute atomic E-state index is 12.6. The molecule has 142 valence electrons. The number of methoxy groups -OCH3 is 1. The van der Waals surface area contributed by atoms with Crippen LogP contribution in [0.5, 0.6) is 11.5 Å². The van der Waals surface area contributed by atoms with Gasteiger partial charge < -0.3 is 15.2 Å². The number of phenolic OH excluding ortho intramolecular Hbond substituents is 1. The largest absolute Gasteiger partial charge is 0.506 e. The van der Waals surface area contributed by atoms with E-state index in [4.69, 9.17) is 17.0 Å². The van der Waals surface area contributed by atoms with E-state index in [0.29, 0.717) is 5.75 Å². The third kappa shape index (κ3) is 3.99. The molecule has 0 fully saturated rings. The monoisotopic (exact) mass is 397 g/mol. The van der Waals surface area contributed by atoms with Crippen molar-refractivity contribution in [3.05, 3.63) is 70.3 Å². The molecule has 28 heavy (non-hydrogen) atoms. The van der Waals surface area contributed by atoms with Crippen LogP contribution in [0.4, 0.5) is 11.4 Å². The number of aromatic hydroxyl groups is 1. The second-order valence-electron chi connectivity index (χ2n) is 5.77. The van der Waals surface area contributed by atoms with Crippen molar-refractivity contribution in [1.82, 2.24) is 5.32 Å². The zero-order chi connectivity index (χ0) is 20.3. The van der Waals surface area contributed by atoms with E-state index in [1.165, 1.54) is 7.11 Å². The molecule has 0 radical (unpaired) electrons. The number of anilines is 1. The van der Waals surface area contributed by atoms with Crippen LogP contribution in [-0.2, 0) is 0 Å². The lowest BCUT2D eigenvalue weighted by atomic mass is 10.1. The van der Waals surface area contributed by atoms with Crippen LogP contribution in [0.2, 0.25) is 0 Å².